The first-order valence-electron chi connectivity index (χ1n) is 5.78. The van der Waals surface area contributed by atoms with E-state index in [0.717, 1.165) is 17.7 Å². The van der Waals surface area contributed by atoms with Gasteiger partial charge < -0.3 is 9.72 Å². The van der Waals surface area contributed by atoms with E-state index in [9.17, 15) is 13.2 Å². The van der Waals surface area contributed by atoms with Gasteiger partial charge in [0.05, 0.1) is 12.7 Å². The molecule has 106 valence electrons. The lowest BCUT2D eigenvalue weighted by Gasteiger charge is -2.12. The summed E-state index contributed by atoms with van der Waals surface area (Å²) in [5, 5.41) is 0. The lowest BCUT2D eigenvalue weighted by atomic mass is 10.0. The van der Waals surface area contributed by atoms with Gasteiger partial charge in [0.25, 0.3) is 0 Å². The molecule has 0 aliphatic carbocycles. The van der Waals surface area contributed by atoms with Crippen LogP contribution in [0.1, 0.15) is 11.1 Å². The first-order chi connectivity index (χ1) is 9.31. The van der Waals surface area contributed by atoms with Crippen LogP contribution >= 0.6 is 12.2 Å². The van der Waals surface area contributed by atoms with Crippen molar-refractivity contribution in [3.8, 4) is 17.0 Å². The lowest BCUT2D eigenvalue weighted by Crippen LogP contribution is -2.06. The van der Waals surface area contributed by atoms with E-state index in [0.29, 0.717) is 17.0 Å². The van der Waals surface area contributed by atoms with E-state index in [1.807, 2.05) is 0 Å². The summed E-state index contributed by atoms with van der Waals surface area (Å²) in [6, 6.07) is 7.13. The van der Waals surface area contributed by atoms with E-state index < -0.39 is 11.7 Å². The number of ether oxygens (including phenoxy) is 1. The summed E-state index contributed by atoms with van der Waals surface area (Å²) in [6.07, 6.45) is -4.42. The normalized spacial score (nSPS) is 11.4. The largest absolute Gasteiger partial charge is 0.497 e. The first-order valence-corrected chi connectivity index (χ1v) is 6.18. The van der Waals surface area contributed by atoms with Crippen LogP contribution in [0, 0.1) is 11.6 Å². The Bertz CT molecular complexity index is 692. The monoisotopic (exact) mass is 299 g/mol. The summed E-state index contributed by atoms with van der Waals surface area (Å²) in [5.41, 5.74) is 1.04. The zero-order valence-electron chi connectivity index (χ0n) is 10.8. The van der Waals surface area contributed by atoms with E-state index >= 15 is 0 Å². The van der Waals surface area contributed by atoms with Crippen molar-refractivity contribution in [3.05, 3.63) is 46.1 Å². The number of rotatable bonds is 2. The van der Waals surface area contributed by atoms with Crippen LogP contribution in [0.5, 0.6) is 5.75 Å². The van der Waals surface area contributed by atoms with Crippen molar-refractivity contribution in [1.82, 2.24) is 4.98 Å². The van der Waals surface area contributed by atoms with Crippen molar-refractivity contribution in [2.24, 2.45) is 0 Å². The summed E-state index contributed by atoms with van der Waals surface area (Å²) >= 11 is 4.87. The third kappa shape index (κ3) is 3.01. The second kappa shape index (κ2) is 5.28. The van der Waals surface area contributed by atoms with Crippen LogP contribution in [0.3, 0.4) is 0 Å². The van der Waals surface area contributed by atoms with Crippen LogP contribution < -0.4 is 4.74 Å². The summed E-state index contributed by atoms with van der Waals surface area (Å²) in [4.78, 5) is 2.79. The van der Waals surface area contributed by atoms with Crippen LogP contribution in [-0.4, -0.2) is 12.1 Å². The van der Waals surface area contributed by atoms with E-state index in [4.69, 9.17) is 17.0 Å². The smallest absolute Gasteiger partial charge is 0.416 e. The summed E-state index contributed by atoms with van der Waals surface area (Å²) < 4.78 is 43.5. The Kier molecular flexibility index (Phi) is 3.85. The molecule has 1 heterocycles. The summed E-state index contributed by atoms with van der Waals surface area (Å²) in [7, 11) is 1.53. The minimum Gasteiger partial charge on any atom is -0.497 e. The molecule has 0 fully saturated rings. The molecule has 0 amide bonds. The zero-order chi connectivity index (χ0) is 14.9. The molecular weight excluding hydrogens is 287 g/mol. The van der Waals surface area contributed by atoms with Crippen molar-refractivity contribution in [1.29, 1.82) is 0 Å². The number of H-pyrrole nitrogens is 1. The topological polar surface area (TPSA) is 25.0 Å². The molecule has 2 rings (SSSR count). The molecule has 0 spiro atoms. The molecule has 1 aromatic heterocycles. The molecule has 0 saturated carbocycles. The van der Waals surface area contributed by atoms with Crippen LogP contribution in [-0.2, 0) is 6.18 Å². The first kappa shape index (κ1) is 14.6. The van der Waals surface area contributed by atoms with Crippen molar-refractivity contribution < 1.29 is 17.9 Å². The maximum absolute atomic E-state index is 12.8. The summed E-state index contributed by atoms with van der Waals surface area (Å²) in [6.45, 7) is 1.80. The Hall–Kier alpha value is -1.82. The molecule has 6 heteroatoms. The minimum absolute atomic E-state index is 0.0463. The number of pyridine rings is 1. The van der Waals surface area contributed by atoms with Gasteiger partial charge >= 0.3 is 6.18 Å². The number of hydrogen-bond acceptors (Lipinski definition) is 2. The fraction of sp³-hybridized carbons (Fsp3) is 0.214. The molecular formula is C14H12F3NOS. The molecule has 2 nitrogen and oxygen atoms in total. The Morgan fingerprint density at radius 3 is 2.40 bits per heavy atom. The number of aromatic nitrogens is 1. The van der Waals surface area contributed by atoms with Gasteiger partial charge in [-0.2, -0.15) is 13.2 Å². The van der Waals surface area contributed by atoms with Crippen molar-refractivity contribution >= 4 is 12.2 Å². The highest BCUT2D eigenvalue weighted by molar-refractivity contribution is 7.71. The average molecular weight is 299 g/mol. The van der Waals surface area contributed by atoms with Gasteiger partial charge in [0.1, 0.15) is 10.4 Å². The second-order valence-corrected chi connectivity index (χ2v) is 4.77. The average Bonchev–Trinajstić information content (AvgIpc) is 2.36. The Labute approximate surface area is 119 Å². The van der Waals surface area contributed by atoms with Crippen LogP contribution in [0.4, 0.5) is 13.2 Å². The van der Waals surface area contributed by atoms with Crippen LogP contribution in [0.25, 0.3) is 11.3 Å². The molecule has 0 bridgehead atoms. The van der Waals surface area contributed by atoms with Gasteiger partial charge in [0.2, 0.25) is 0 Å². The van der Waals surface area contributed by atoms with Crippen molar-refractivity contribution in [2.45, 2.75) is 13.1 Å². The fourth-order valence-electron chi connectivity index (χ4n) is 1.92. The van der Waals surface area contributed by atoms with Crippen molar-refractivity contribution in [3.63, 3.8) is 0 Å². The van der Waals surface area contributed by atoms with Crippen LogP contribution in [0.15, 0.2) is 30.3 Å². The predicted molar refractivity (Wildman–Crippen MR) is 73.4 cm³/mol. The van der Waals surface area contributed by atoms with Gasteiger partial charge in [-0.15, -0.1) is 0 Å². The second-order valence-electron chi connectivity index (χ2n) is 4.33. The Balaban J connectivity index is 2.59. The van der Waals surface area contributed by atoms with Crippen LogP contribution in [0.2, 0.25) is 0 Å². The molecule has 1 N–H and O–H groups in total. The number of benzene rings is 1. The molecule has 2 aromatic rings. The van der Waals surface area contributed by atoms with Gasteiger partial charge in [0, 0.05) is 11.3 Å². The third-order valence-electron chi connectivity index (χ3n) is 2.90. The maximum Gasteiger partial charge on any atom is 0.416 e. The highest BCUT2D eigenvalue weighted by atomic mass is 32.1. The third-order valence-corrected chi connectivity index (χ3v) is 3.12. The molecule has 0 saturated heterocycles. The van der Waals surface area contributed by atoms with E-state index in [-0.39, 0.29) is 4.64 Å². The molecule has 20 heavy (non-hydrogen) atoms. The van der Waals surface area contributed by atoms with Gasteiger partial charge in [0.15, 0.2) is 0 Å². The number of methoxy groups -OCH3 is 1. The fourth-order valence-corrected chi connectivity index (χ4v) is 2.15. The number of hydrogen-bond donors (Lipinski definition) is 1. The standard InChI is InChI=1S/C14H12F3NOS/c1-8-5-10(19-2)3-4-11(8)12-6-9(14(15,16)17)7-13(20)18-12/h3-7H,1-2H3,(H,18,20). The van der Waals surface area contributed by atoms with Crippen molar-refractivity contribution in [2.75, 3.05) is 7.11 Å². The number of alkyl halides is 3. The maximum atomic E-state index is 12.8. The van der Waals surface area contributed by atoms with Gasteiger partial charge in [-0.3, -0.25) is 0 Å². The molecule has 0 unspecified atom stereocenters. The van der Waals surface area contributed by atoms with E-state index in [2.05, 4.69) is 4.98 Å². The highest BCUT2D eigenvalue weighted by Crippen LogP contribution is 2.33. The molecule has 0 aliphatic heterocycles. The molecule has 0 atom stereocenters. The van der Waals surface area contributed by atoms with Gasteiger partial charge in [-0.1, -0.05) is 12.2 Å². The Morgan fingerprint density at radius 2 is 1.85 bits per heavy atom. The zero-order valence-corrected chi connectivity index (χ0v) is 11.7. The van der Waals surface area contributed by atoms with Gasteiger partial charge in [-0.25, -0.2) is 0 Å². The molecule has 0 aliphatic rings. The Morgan fingerprint density at radius 1 is 1.15 bits per heavy atom. The number of aryl methyl sites for hydroxylation is 1. The van der Waals surface area contributed by atoms with E-state index in [1.165, 1.54) is 7.11 Å². The summed E-state index contributed by atoms with van der Waals surface area (Å²) in [5.74, 6) is 0.650. The highest BCUT2D eigenvalue weighted by Gasteiger charge is 2.31. The molecule has 1 aromatic carbocycles. The lowest BCUT2D eigenvalue weighted by molar-refractivity contribution is -0.137. The number of nitrogens with one attached hydrogen (secondary N) is 1. The predicted octanol–water partition coefficient (Wildman–Crippen LogP) is 4.75. The van der Waals surface area contributed by atoms with Gasteiger partial charge in [-0.05, 0) is 42.8 Å². The number of halogens is 3. The minimum atomic E-state index is -4.42. The van der Waals surface area contributed by atoms with E-state index in [1.54, 1.807) is 25.1 Å². The number of aromatic amines is 1. The quantitative estimate of drug-likeness (QED) is 0.810. The molecule has 0 radical (unpaired) electrons. The SMILES string of the molecule is COc1ccc(-c2cc(C(F)(F)F)cc(=S)[nH]2)c(C)c1.